The zero-order valence-corrected chi connectivity index (χ0v) is 12.5. The number of furan rings is 1. The van der Waals surface area contributed by atoms with E-state index in [4.69, 9.17) is 16.0 Å². The van der Waals surface area contributed by atoms with E-state index in [-0.39, 0.29) is 5.91 Å². The molecule has 0 spiro atoms. The predicted molar refractivity (Wildman–Crippen MR) is 78.6 cm³/mol. The molecule has 0 aliphatic heterocycles. The van der Waals surface area contributed by atoms with Gasteiger partial charge in [-0.15, -0.1) is 0 Å². The van der Waals surface area contributed by atoms with Crippen molar-refractivity contribution in [2.75, 3.05) is 12.4 Å². The van der Waals surface area contributed by atoms with Gasteiger partial charge in [-0.1, -0.05) is 11.6 Å². The molecule has 0 saturated heterocycles. The number of amides is 1. The van der Waals surface area contributed by atoms with E-state index in [0.717, 1.165) is 11.4 Å². The molecule has 0 unspecified atom stereocenters. The van der Waals surface area contributed by atoms with Crippen LogP contribution in [0.4, 0.5) is 5.69 Å². The lowest BCUT2D eigenvalue weighted by Crippen LogP contribution is -2.18. The Hall–Kier alpha value is -1.46. The van der Waals surface area contributed by atoms with Gasteiger partial charge in [-0.2, -0.15) is 0 Å². The molecule has 100 valence electrons. The largest absolute Gasteiger partial charge is 0.452 e. The van der Waals surface area contributed by atoms with E-state index >= 15 is 0 Å². The fraction of sp³-hybridized carbons (Fsp3) is 0.154. The van der Waals surface area contributed by atoms with E-state index in [9.17, 15) is 4.79 Å². The van der Waals surface area contributed by atoms with Crippen LogP contribution in [0.1, 0.15) is 16.1 Å². The number of benzene rings is 1. The van der Waals surface area contributed by atoms with Crippen LogP contribution < -0.4 is 10.6 Å². The first-order chi connectivity index (χ1) is 9.10. The molecule has 0 saturated carbocycles. The second-order valence-electron chi connectivity index (χ2n) is 3.83. The highest BCUT2D eigenvalue weighted by atomic mass is 79.9. The monoisotopic (exact) mass is 342 g/mol. The third-order valence-corrected chi connectivity index (χ3v) is 3.29. The topological polar surface area (TPSA) is 54.3 Å². The standard InChI is InChI=1S/C13H12BrClN2O2/c1-16-13(18)10-6-8(2-4-11(10)15)17-7-9-3-5-12(14)19-9/h2-6,17H,7H2,1H3,(H,16,18). The van der Waals surface area contributed by atoms with Crippen LogP contribution in [0.15, 0.2) is 39.4 Å². The fourth-order valence-corrected chi connectivity index (χ4v) is 2.12. The maximum absolute atomic E-state index is 11.6. The third-order valence-electron chi connectivity index (χ3n) is 2.53. The van der Waals surface area contributed by atoms with Crippen molar-refractivity contribution in [3.8, 4) is 0 Å². The molecule has 0 bridgehead atoms. The van der Waals surface area contributed by atoms with Crippen molar-refractivity contribution in [1.82, 2.24) is 5.32 Å². The van der Waals surface area contributed by atoms with Gasteiger partial charge >= 0.3 is 0 Å². The number of hydrogen-bond acceptors (Lipinski definition) is 3. The van der Waals surface area contributed by atoms with E-state index in [1.807, 2.05) is 18.2 Å². The van der Waals surface area contributed by atoms with Crippen molar-refractivity contribution >= 4 is 39.1 Å². The lowest BCUT2D eigenvalue weighted by molar-refractivity contribution is 0.0963. The molecule has 4 nitrogen and oxygen atoms in total. The average Bonchev–Trinajstić information content (AvgIpc) is 2.83. The number of carbonyl (C=O) groups excluding carboxylic acids is 1. The van der Waals surface area contributed by atoms with Crippen LogP contribution in [0.3, 0.4) is 0 Å². The predicted octanol–water partition coefficient (Wildman–Crippen LogP) is 3.67. The summed E-state index contributed by atoms with van der Waals surface area (Å²) in [5, 5.41) is 6.14. The maximum atomic E-state index is 11.6. The quantitative estimate of drug-likeness (QED) is 0.890. The van der Waals surface area contributed by atoms with Gasteiger partial charge in [0, 0.05) is 12.7 Å². The fourth-order valence-electron chi connectivity index (χ4n) is 1.58. The molecule has 2 N–H and O–H groups in total. The van der Waals surface area contributed by atoms with E-state index < -0.39 is 0 Å². The molecule has 1 heterocycles. The van der Waals surface area contributed by atoms with Crippen molar-refractivity contribution in [3.63, 3.8) is 0 Å². The summed E-state index contributed by atoms with van der Waals surface area (Å²) in [6, 6.07) is 8.90. The summed E-state index contributed by atoms with van der Waals surface area (Å²) in [6.45, 7) is 0.528. The first-order valence-electron chi connectivity index (χ1n) is 5.60. The number of carbonyl (C=O) groups is 1. The molecule has 0 aliphatic carbocycles. The zero-order chi connectivity index (χ0) is 13.8. The minimum Gasteiger partial charge on any atom is -0.452 e. The van der Waals surface area contributed by atoms with Gasteiger partial charge in [0.2, 0.25) is 0 Å². The lowest BCUT2D eigenvalue weighted by Gasteiger charge is -2.08. The van der Waals surface area contributed by atoms with E-state index in [1.54, 1.807) is 19.2 Å². The molecular formula is C13H12BrClN2O2. The number of hydrogen-bond donors (Lipinski definition) is 2. The Morgan fingerprint density at radius 3 is 2.79 bits per heavy atom. The first kappa shape index (κ1) is 14.0. The highest BCUT2D eigenvalue weighted by molar-refractivity contribution is 9.10. The summed E-state index contributed by atoms with van der Waals surface area (Å²) in [5.41, 5.74) is 1.24. The zero-order valence-electron chi connectivity index (χ0n) is 10.2. The highest BCUT2D eigenvalue weighted by Gasteiger charge is 2.09. The Morgan fingerprint density at radius 1 is 1.37 bits per heavy atom. The van der Waals surface area contributed by atoms with Crippen molar-refractivity contribution in [2.45, 2.75) is 6.54 Å². The molecule has 0 atom stereocenters. The molecule has 1 aromatic carbocycles. The Balaban J connectivity index is 2.10. The molecule has 19 heavy (non-hydrogen) atoms. The second kappa shape index (κ2) is 6.12. The van der Waals surface area contributed by atoms with E-state index in [0.29, 0.717) is 21.8 Å². The second-order valence-corrected chi connectivity index (χ2v) is 5.02. The normalized spacial score (nSPS) is 10.3. The van der Waals surface area contributed by atoms with Crippen molar-refractivity contribution in [2.24, 2.45) is 0 Å². The van der Waals surface area contributed by atoms with Crippen LogP contribution in [0.2, 0.25) is 5.02 Å². The first-order valence-corrected chi connectivity index (χ1v) is 6.77. The third kappa shape index (κ3) is 3.52. The van der Waals surface area contributed by atoms with Gasteiger partial charge in [0.05, 0.1) is 17.1 Å². The molecule has 1 amide bonds. The number of rotatable bonds is 4. The van der Waals surface area contributed by atoms with Gasteiger partial charge in [-0.3, -0.25) is 4.79 Å². The minimum absolute atomic E-state index is 0.214. The molecule has 0 fully saturated rings. The molecule has 0 radical (unpaired) electrons. The summed E-state index contributed by atoms with van der Waals surface area (Å²) >= 11 is 9.22. The van der Waals surface area contributed by atoms with Gasteiger partial charge in [0.15, 0.2) is 4.67 Å². The van der Waals surface area contributed by atoms with Crippen molar-refractivity contribution < 1.29 is 9.21 Å². The molecule has 2 aromatic rings. The van der Waals surface area contributed by atoms with Crippen LogP contribution in [-0.2, 0) is 6.54 Å². The molecule has 2 rings (SSSR count). The van der Waals surface area contributed by atoms with Crippen LogP contribution >= 0.6 is 27.5 Å². The molecule has 0 aliphatic rings. The summed E-state index contributed by atoms with van der Waals surface area (Å²) in [5.74, 6) is 0.581. The SMILES string of the molecule is CNC(=O)c1cc(NCc2ccc(Br)o2)ccc1Cl. The minimum atomic E-state index is -0.214. The van der Waals surface area contributed by atoms with E-state index in [2.05, 4.69) is 26.6 Å². The van der Waals surface area contributed by atoms with Crippen LogP contribution in [0.5, 0.6) is 0 Å². The summed E-state index contributed by atoms with van der Waals surface area (Å²) in [7, 11) is 1.57. The number of nitrogens with one attached hydrogen (secondary N) is 2. The smallest absolute Gasteiger partial charge is 0.252 e. The van der Waals surface area contributed by atoms with Gasteiger partial charge < -0.3 is 15.1 Å². The van der Waals surface area contributed by atoms with Gasteiger partial charge in [-0.05, 0) is 46.3 Å². The van der Waals surface area contributed by atoms with Crippen LogP contribution in [0.25, 0.3) is 0 Å². The Kier molecular flexibility index (Phi) is 4.50. The summed E-state index contributed by atoms with van der Waals surface area (Å²) in [6.07, 6.45) is 0. The van der Waals surface area contributed by atoms with Gasteiger partial charge in [0.25, 0.3) is 5.91 Å². The van der Waals surface area contributed by atoms with E-state index in [1.165, 1.54) is 0 Å². The molecule has 6 heteroatoms. The average molecular weight is 344 g/mol. The van der Waals surface area contributed by atoms with Crippen LogP contribution in [0, 0.1) is 0 Å². The van der Waals surface area contributed by atoms with Crippen molar-refractivity contribution in [1.29, 1.82) is 0 Å². The Bertz CT molecular complexity index is 598. The van der Waals surface area contributed by atoms with Gasteiger partial charge in [0.1, 0.15) is 5.76 Å². The highest BCUT2D eigenvalue weighted by Crippen LogP contribution is 2.21. The number of halogens is 2. The Morgan fingerprint density at radius 2 is 2.16 bits per heavy atom. The number of anilines is 1. The lowest BCUT2D eigenvalue weighted by atomic mass is 10.2. The van der Waals surface area contributed by atoms with Crippen LogP contribution in [-0.4, -0.2) is 13.0 Å². The Labute approximate surface area is 124 Å². The van der Waals surface area contributed by atoms with Crippen molar-refractivity contribution in [3.05, 3.63) is 51.3 Å². The van der Waals surface area contributed by atoms with Gasteiger partial charge in [-0.25, -0.2) is 0 Å². The molecule has 1 aromatic heterocycles. The summed E-state index contributed by atoms with van der Waals surface area (Å²) in [4.78, 5) is 11.6. The molecular weight excluding hydrogens is 332 g/mol. The summed E-state index contributed by atoms with van der Waals surface area (Å²) < 4.78 is 6.06. The maximum Gasteiger partial charge on any atom is 0.252 e.